The van der Waals surface area contributed by atoms with Crippen LogP contribution in [0.5, 0.6) is 0 Å². The second-order valence-corrected chi connectivity index (χ2v) is 4.89. The average Bonchev–Trinajstić information content (AvgIpc) is 2.47. The molecule has 0 bridgehead atoms. The molecule has 0 aromatic rings. The van der Waals surface area contributed by atoms with Crippen LogP contribution in [0.2, 0.25) is 0 Å². The van der Waals surface area contributed by atoms with E-state index in [9.17, 15) is 9.59 Å². The van der Waals surface area contributed by atoms with Gasteiger partial charge in [-0.25, -0.2) is 9.59 Å². The third kappa shape index (κ3) is 14.8. The van der Waals surface area contributed by atoms with E-state index in [0.717, 1.165) is 44.9 Å². The molecule has 0 rings (SSSR count). The normalized spacial score (nSPS) is 10.0. The van der Waals surface area contributed by atoms with Crippen LogP contribution in [0.3, 0.4) is 0 Å². The Kier molecular flexibility index (Phi) is 13.9. The largest absolute Gasteiger partial charge is 0.450 e. The molecule has 0 fully saturated rings. The van der Waals surface area contributed by atoms with E-state index in [0.29, 0.717) is 26.3 Å². The van der Waals surface area contributed by atoms with Gasteiger partial charge in [-0.15, -0.1) is 0 Å². The molecule has 6 nitrogen and oxygen atoms in total. The lowest BCUT2D eigenvalue weighted by atomic mass is 10.2. The summed E-state index contributed by atoms with van der Waals surface area (Å²) in [4.78, 5) is 22.4. The number of alkyl carbamates (subject to hydrolysis) is 2. The molecule has 0 spiro atoms. The molecule has 6 heteroatoms. The second-order valence-electron chi connectivity index (χ2n) is 4.89. The van der Waals surface area contributed by atoms with E-state index in [1.165, 1.54) is 0 Å². The Labute approximate surface area is 127 Å². The molecule has 0 saturated carbocycles. The monoisotopic (exact) mass is 302 g/mol. The third-order valence-electron chi connectivity index (χ3n) is 2.85. The zero-order chi connectivity index (χ0) is 15.8. The minimum Gasteiger partial charge on any atom is -0.450 e. The highest BCUT2D eigenvalue weighted by Gasteiger charge is 2.01. The van der Waals surface area contributed by atoms with Crippen LogP contribution in [-0.2, 0) is 9.47 Å². The van der Waals surface area contributed by atoms with Crippen molar-refractivity contribution < 1.29 is 19.1 Å². The van der Waals surface area contributed by atoms with Crippen LogP contribution >= 0.6 is 0 Å². The van der Waals surface area contributed by atoms with E-state index < -0.39 is 0 Å². The van der Waals surface area contributed by atoms with Gasteiger partial charge in [-0.05, 0) is 32.1 Å². The summed E-state index contributed by atoms with van der Waals surface area (Å²) < 4.78 is 9.93. The van der Waals surface area contributed by atoms with E-state index in [-0.39, 0.29) is 12.2 Å². The van der Waals surface area contributed by atoms with Crippen LogP contribution in [0.4, 0.5) is 9.59 Å². The van der Waals surface area contributed by atoms with Crippen molar-refractivity contribution in [2.24, 2.45) is 0 Å². The van der Waals surface area contributed by atoms with Crippen molar-refractivity contribution in [2.75, 3.05) is 26.3 Å². The highest BCUT2D eigenvalue weighted by Crippen LogP contribution is 1.94. The second kappa shape index (κ2) is 14.9. The van der Waals surface area contributed by atoms with Gasteiger partial charge in [-0.2, -0.15) is 0 Å². The van der Waals surface area contributed by atoms with Crippen LogP contribution in [0.15, 0.2) is 0 Å². The molecule has 2 N–H and O–H groups in total. The van der Waals surface area contributed by atoms with Crippen molar-refractivity contribution in [3.8, 4) is 0 Å². The quantitative estimate of drug-likeness (QED) is 0.543. The van der Waals surface area contributed by atoms with E-state index in [1.54, 1.807) is 0 Å². The lowest BCUT2D eigenvalue weighted by Gasteiger charge is -2.07. The standard InChI is InChI=1S/C15H30N2O4/c1-3-5-12-20-14(18)16-10-8-7-9-11-17-15(19)21-13-6-4-2/h3-13H2,1-2H3,(H,16,18)(H,17,19). The van der Waals surface area contributed by atoms with Gasteiger partial charge in [0.25, 0.3) is 0 Å². The summed E-state index contributed by atoms with van der Waals surface area (Å²) in [5.74, 6) is 0. The first-order chi connectivity index (χ1) is 10.2. The summed E-state index contributed by atoms with van der Waals surface area (Å²) in [7, 11) is 0. The van der Waals surface area contributed by atoms with Crippen LogP contribution in [0.1, 0.15) is 58.8 Å². The van der Waals surface area contributed by atoms with Gasteiger partial charge in [0.05, 0.1) is 13.2 Å². The summed E-state index contributed by atoms with van der Waals surface area (Å²) in [6.07, 6.45) is 5.81. The Morgan fingerprint density at radius 2 is 1.14 bits per heavy atom. The van der Waals surface area contributed by atoms with Gasteiger partial charge in [-0.1, -0.05) is 26.7 Å². The maximum atomic E-state index is 11.2. The lowest BCUT2D eigenvalue weighted by molar-refractivity contribution is 0.144. The van der Waals surface area contributed by atoms with Gasteiger partial charge in [0.2, 0.25) is 0 Å². The Hall–Kier alpha value is -1.46. The van der Waals surface area contributed by atoms with Crippen molar-refractivity contribution in [3.05, 3.63) is 0 Å². The predicted molar refractivity (Wildman–Crippen MR) is 82.4 cm³/mol. The molecule has 0 aromatic heterocycles. The molecule has 0 heterocycles. The highest BCUT2D eigenvalue weighted by molar-refractivity contribution is 5.67. The Morgan fingerprint density at radius 3 is 1.52 bits per heavy atom. The van der Waals surface area contributed by atoms with Crippen molar-refractivity contribution in [3.63, 3.8) is 0 Å². The van der Waals surface area contributed by atoms with Gasteiger partial charge in [0.1, 0.15) is 0 Å². The number of carbonyl (C=O) groups excluding carboxylic acids is 2. The smallest absolute Gasteiger partial charge is 0.407 e. The molecule has 0 aliphatic rings. The van der Waals surface area contributed by atoms with Gasteiger partial charge in [0.15, 0.2) is 0 Å². The molecule has 0 unspecified atom stereocenters. The fourth-order valence-corrected chi connectivity index (χ4v) is 1.53. The Morgan fingerprint density at radius 1 is 0.714 bits per heavy atom. The molecule has 0 radical (unpaired) electrons. The van der Waals surface area contributed by atoms with Crippen LogP contribution in [-0.4, -0.2) is 38.5 Å². The maximum absolute atomic E-state index is 11.2. The molecule has 0 aliphatic heterocycles. The molecule has 124 valence electrons. The number of hydrogen-bond acceptors (Lipinski definition) is 4. The zero-order valence-electron chi connectivity index (χ0n) is 13.4. The Balaban J connectivity index is 3.24. The van der Waals surface area contributed by atoms with Crippen LogP contribution in [0, 0.1) is 0 Å². The summed E-state index contributed by atoms with van der Waals surface area (Å²) in [6.45, 7) is 6.26. The first kappa shape index (κ1) is 19.5. The maximum Gasteiger partial charge on any atom is 0.407 e. The fourth-order valence-electron chi connectivity index (χ4n) is 1.53. The van der Waals surface area contributed by atoms with Crippen molar-refractivity contribution in [1.82, 2.24) is 10.6 Å². The summed E-state index contributed by atoms with van der Waals surface area (Å²) in [5.41, 5.74) is 0. The predicted octanol–water partition coefficient (Wildman–Crippen LogP) is 3.21. The number of carbonyl (C=O) groups is 2. The average molecular weight is 302 g/mol. The van der Waals surface area contributed by atoms with E-state index >= 15 is 0 Å². The summed E-state index contributed by atoms with van der Waals surface area (Å²) >= 11 is 0. The molecule has 0 aromatic carbocycles. The molecule has 2 amide bonds. The van der Waals surface area contributed by atoms with Crippen LogP contribution in [0.25, 0.3) is 0 Å². The van der Waals surface area contributed by atoms with Crippen molar-refractivity contribution in [2.45, 2.75) is 58.8 Å². The number of amides is 2. The van der Waals surface area contributed by atoms with E-state index in [4.69, 9.17) is 9.47 Å². The first-order valence-electron chi connectivity index (χ1n) is 8.02. The number of ether oxygens (including phenoxy) is 2. The van der Waals surface area contributed by atoms with Gasteiger partial charge >= 0.3 is 12.2 Å². The van der Waals surface area contributed by atoms with Gasteiger partial charge < -0.3 is 20.1 Å². The fraction of sp³-hybridized carbons (Fsp3) is 0.867. The molecular weight excluding hydrogens is 272 g/mol. The van der Waals surface area contributed by atoms with Crippen LogP contribution < -0.4 is 10.6 Å². The zero-order valence-corrected chi connectivity index (χ0v) is 13.4. The minimum atomic E-state index is -0.346. The minimum absolute atomic E-state index is 0.346. The topological polar surface area (TPSA) is 76.7 Å². The van der Waals surface area contributed by atoms with E-state index in [1.807, 2.05) is 0 Å². The van der Waals surface area contributed by atoms with E-state index in [2.05, 4.69) is 24.5 Å². The molecule has 0 aliphatic carbocycles. The van der Waals surface area contributed by atoms with Gasteiger partial charge in [-0.3, -0.25) is 0 Å². The third-order valence-corrected chi connectivity index (χ3v) is 2.85. The highest BCUT2D eigenvalue weighted by atomic mass is 16.6. The Bertz CT molecular complexity index is 246. The van der Waals surface area contributed by atoms with Gasteiger partial charge in [0, 0.05) is 13.1 Å². The molecule has 0 saturated heterocycles. The first-order valence-corrected chi connectivity index (χ1v) is 8.02. The summed E-state index contributed by atoms with van der Waals surface area (Å²) in [5, 5.41) is 5.40. The number of hydrogen-bond donors (Lipinski definition) is 2. The SMILES string of the molecule is CCCCOC(=O)NCCCCCNC(=O)OCCCC. The lowest BCUT2D eigenvalue weighted by Crippen LogP contribution is -2.27. The van der Waals surface area contributed by atoms with Crippen molar-refractivity contribution >= 4 is 12.2 Å². The number of nitrogens with one attached hydrogen (secondary N) is 2. The molecule has 0 atom stereocenters. The van der Waals surface area contributed by atoms with Crippen molar-refractivity contribution in [1.29, 1.82) is 0 Å². The summed E-state index contributed by atoms with van der Waals surface area (Å²) in [6, 6.07) is 0. The number of rotatable bonds is 12. The molecular formula is C15H30N2O4. The number of unbranched alkanes of at least 4 members (excludes halogenated alkanes) is 4. The molecule has 21 heavy (non-hydrogen) atoms.